The Balaban J connectivity index is 2.32. The third-order valence-corrected chi connectivity index (χ3v) is 2.98. The third kappa shape index (κ3) is 2.06. The van der Waals surface area contributed by atoms with Crippen LogP contribution in [0.15, 0.2) is 24.3 Å². The van der Waals surface area contributed by atoms with Gasteiger partial charge in [0.2, 0.25) is 0 Å². The summed E-state index contributed by atoms with van der Waals surface area (Å²) in [7, 11) is 0. The van der Waals surface area contributed by atoms with Crippen LogP contribution in [0.25, 0.3) is 6.08 Å². The van der Waals surface area contributed by atoms with Gasteiger partial charge >= 0.3 is 0 Å². The van der Waals surface area contributed by atoms with Crippen molar-refractivity contribution >= 4 is 6.08 Å². The van der Waals surface area contributed by atoms with E-state index >= 15 is 0 Å². The number of fused-ring (bicyclic) bond motifs is 1. The molecule has 0 bridgehead atoms. The Morgan fingerprint density at radius 1 is 1.00 bits per heavy atom. The minimum Gasteiger partial charge on any atom is -0.0871 e. The number of rotatable bonds is 1. The highest BCUT2D eigenvalue weighted by Gasteiger charge is 2.07. The lowest BCUT2D eigenvalue weighted by Gasteiger charge is -2.06. The molecule has 1 aliphatic carbocycles. The average Bonchev–Trinajstić information content (AvgIpc) is 2.42. The highest BCUT2D eigenvalue weighted by Crippen LogP contribution is 2.22. The SMILES string of the molecule is CC=Cc1ccc2c(c1)CCCCC2. The van der Waals surface area contributed by atoms with Crippen molar-refractivity contribution in [1.82, 2.24) is 0 Å². The van der Waals surface area contributed by atoms with E-state index in [1.165, 1.54) is 37.7 Å². The number of benzene rings is 1. The molecule has 0 unspecified atom stereocenters. The van der Waals surface area contributed by atoms with Crippen molar-refractivity contribution in [3.63, 3.8) is 0 Å². The van der Waals surface area contributed by atoms with Crippen molar-refractivity contribution in [3.8, 4) is 0 Å². The van der Waals surface area contributed by atoms with Crippen molar-refractivity contribution < 1.29 is 0 Å². The van der Waals surface area contributed by atoms with Gasteiger partial charge in [0, 0.05) is 0 Å². The van der Waals surface area contributed by atoms with Crippen molar-refractivity contribution in [2.75, 3.05) is 0 Å². The van der Waals surface area contributed by atoms with Gasteiger partial charge in [-0.15, -0.1) is 0 Å². The number of allylic oxidation sites excluding steroid dienone is 1. The second-order valence-electron chi connectivity index (χ2n) is 4.09. The fraction of sp³-hybridized carbons (Fsp3) is 0.429. The van der Waals surface area contributed by atoms with Crippen LogP contribution in [0, 0.1) is 0 Å². The second-order valence-corrected chi connectivity index (χ2v) is 4.09. The minimum absolute atomic E-state index is 1.28. The molecule has 2 rings (SSSR count). The Morgan fingerprint density at radius 2 is 1.79 bits per heavy atom. The summed E-state index contributed by atoms with van der Waals surface area (Å²) in [5.74, 6) is 0. The molecule has 0 heteroatoms. The molecule has 74 valence electrons. The standard InChI is InChI=1S/C14H18/c1-2-6-12-9-10-13-7-4-3-5-8-14(13)11-12/h2,6,9-11H,3-5,7-8H2,1H3. The van der Waals surface area contributed by atoms with E-state index in [9.17, 15) is 0 Å². The van der Waals surface area contributed by atoms with Gasteiger partial charge in [0.25, 0.3) is 0 Å². The molecule has 0 saturated heterocycles. The Morgan fingerprint density at radius 3 is 2.57 bits per heavy atom. The molecule has 1 aromatic carbocycles. The van der Waals surface area contributed by atoms with E-state index in [-0.39, 0.29) is 0 Å². The van der Waals surface area contributed by atoms with Gasteiger partial charge in [-0.05, 0) is 49.3 Å². The highest BCUT2D eigenvalue weighted by atomic mass is 14.1. The van der Waals surface area contributed by atoms with E-state index in [1.54, 1.807) is 11.1 Å². The predicted molar refractivity (Wildman–Crippen MR) is 62.4 cm³/mol. The number of hydrogen-bond donors (Lipinski definition) is 0. The van der Waals surface area contributed by atoms with Gasteiger partial charge in [0.05, 0.1) is 0 Å². The predicted octanol–water partition coefficient (Wildman–Crippen LogP) is 3.99. The van der Waals surface area contributed by atoms with Crippen LogP contribution in [0.4, 0.5) is 0 Å². The van der Waals surface area contributed by atoms with Crippen molar-refractivity contribution in [3.05, 3.63) is 41.0 Å². The lowest BCUT2D eigenvalue weighted by atomic mass is 10.00. The molecule has 0 amide bonds. The zero-order chi connectivity index (χ0) is 9.80. The summed E-state index contributed by atoms with van der Waals surface area (Å²) in [5.41, 5.74) is 4.52. The Bertz CT molecular complexity index is 334. The molecule has 0 spiro atoms. The van der Waals surface area contributed by atoms with Crippen LogP contribution in [0.1, 0.15) is 42.9 Å². The smallest absolute Gasteiger partial charge is 0.0257 e. The van der Waals surface area contributed by atoms with Gasteiger partial charge in [0.1, 0.15) is 0 Å². The molecular weight excluding hydrogens is 168 g/mol. The summed E-state index contributed by atoms with van der Waals surface area (Å²) in [5, 5.41) is 0. The fourth-order valence-corrected chi connectivity index (χ4v) is 2.23. The molecule has 0 fully saturated rings. The Labute approximate surface area is 86.7 Å². The maximum atomic E-state index is 2.36. The topological polar surface area (TPSA) is 0 Å². The lowest BCUT2D eigenvalue weighted by Crippen LogP contribution is -1.91. The zero-order valence-electron chi connectivity index (χ0n) is 8.92. The van der Waals surface area contributed by atoms with Crippen molar-refractivity contribution in [2.24, 2.45) is 0 Å². The largest absolute Gasteiger partial charge is 0.0871 e. The summed E-state index contributed by atoms with van der Waals surface area (Å²) in [4.78, 5) is 0. The third-order valence-electron chi connectivity index (χ3n) is 2.98. The first-order valence-electron chi connectivity index (χ1n) is 5.64. The molecule has 0 atom stereocenters. The number of aryl methyl sites for hydroxylation is 2. The molecule has 0 saturated carbocycles. The second kappa shape index (κ2) is 4.45. The van der Waals surface area contributed by atoms with Crippen molar-refractivity contribution in [1.29, 1.82) is 0 Å². The van der Waals surface area contributed by atoms with Crippen LogP contribution in [-0.4, -0.2) is 0 Å². The summed E-state index contributed by atoms with van der Waals surface area (Å²) in [6, 6.07) is 6.92. The summed E-state index contributed by atoms with van der Waals surface area (Å²) >= 11 is 0. The Kier molecular flexibility index (Phi) is 3.03. The molecule has 0 heterocycles. The quantitative estimate of drug-likeness (QED) is 0.582. The zero-order valence-corrected chi connectivity index (χ0v) is 8.92. The highest BCUT2D eigenvalue weighted by molar-refractivity contribution is 5.51. The van der Waals surface area contributed by atoms with Gasteiger partial charge in [-0.25, -0.2) is 0 Å². The van der Waals surface area contributed by atoms with Crippen LogP contribution in [0.3, 0.4) is 0 Å². The maximum Gasteiger partial charge on any atom is -0.0257 e. The van der Waals surface area contributed by atoms with E-state index < -0.39 is 0 Å². The van der Waals surface area contributed by atoms with Gasteiger partial charge in [-0.1, -0.05) is 36.8 Å². The van der Waals surface area contributed by atoms with Gasteiger partial charge in [-0.2, -0.15) is 0 Å². The van der Waals surface area contributed by atoms with E-state index in [2.05, 4.69) is 37.3 Å². The van der Waals surface area contributed by atoms with E-state index in [0.717, 1.165) is 0 Å². The Hall–Kier alpha value is -1.04. The first-order chi connectivity index (χ1) is 6.90. The molecule has 0 aromatic heterocycles. The molecule has 0 nitrogen and oxygen atoms in total. The van der Waals surface area contributed by atoms with Gasteiger partial charge in [-0.3, -0.25) is 0 Å². The van der Waals surface area contributed by atoms with Gasteiger partial charge < -0.3 is 0 Å². The van der Waals surface area contributed by atoms with E-state index in [1.807, 2.05) is 0 Å². The van der Waals surface area contributed by atoms with E-state index in [0.29, 0.717) is 0 Å². The normalized spacial score (nSPS) is 16.6. The van der Waals surface area contributed by atoms with Crippen LogP contribution in [0.5, 0.6) is 0 Å². The molecule has 1 aromatic rings. The summed E-state index contributed by atoms with van der Waals surface area (Å²) in [6.45, 7) is 2.08. The summed E-state index contributed by atoms with van der Waals surface area (Å²) in [6.07, 6.45) is 11.0. The molecule has 0 aliphatic heterocycles. The summed E-state index contributed by atoms with van der Waals surface area (Å²) < 4.78 is 0. The van der Waals surface area contributed by atoms with Crippen LogP contribution < -0.4 is 0 Å². The fourth-order valence-electron chi connectivity index (χ4n) is 2.23. The monoisotopic (exact) mass is 186 g/mol. The van der Waals surface area contributed by atoms with Crippen molar-refractivity contribution in [2.45, 2.75) is 39.0 Å². The number of hydrogen-bond acceptors (Lipinski definition) is 0. The average molecular weight is 186 g/mol. The maximum absolute atomic E-state index is 2.36. The molecule has 1 aliphatic rings. The first kappa shape index (κ1) is 9.51. The van der Waals surface area contributed by atoms with Crippen LogP contribution in [-0.2, 0) is 12.8 Å². The molecular formula is C14H18. The van der Waals surface area contributed by atoms with E-state index in [4.69, 9.17) is 0 Å². The minimum atomic E-state index is 1.28. The lowest BCUT2D eigenvalue weighted by molar-refractivity contribution is 0.711. The first-order valence-corrected chi connectivity index (χ1v) is 5.64. The molecule has 0 N–H and O–H groups in total. The molecule has 14 heavy (non-hydrogen) atoms. The van der Waals surface area contributed by atoms with Crippen LogP contribution >= 0.6 is 0 Å². The molecule has 0 radical (unpaired) electrons. The van der Waals surface area contributed by atoms with Gasteiger partial charge in [0.15, 0.2) is 0 Å². The van der Waals surface area contributed by atoms with Crippen LogP contribution in [0.2, 0.25) is 0 Å².